The second-order valence-electron chi connectivity index (χ2n) is 5.65. The van der Waals surface area contributed by atoms with Crippen molar-refractivity contribution in [3.8, 4) is 0 Å². The van der Waals surface area contributed by atoms with E-state index < -0.39 is 9.84 Å². The van der Waals surface area contributed by atoms with Gasteiger partial charge in [-0.3, -0.25) is 9.59 Å². The minimum atomic E-state index is -3.15. The summed E-state index contributed by atoms with van der Waals surface area (Å²) in [5.41, 5.74) is 1.21. The smallest absolute Gasteiger partial charge is 0.225 e. The summed E-state index contributed by atoms with van der Waals surface area (Å²) in [6.45, 7) is 3.93. The molecule has 2 N–H and O–H groups in total. The molecule has 122 valence electrons. The maximum Gasteiger partial charge on any atom is 0.225 e. The maximum atomic E-state index is 11.6. The van der Waals surface area contributed by atoms with Crippen molar-refractivity contribution < 1.29 is 18.0 Å². The lowest BCUT2D eigenvalue weighted by Crippen LogP contribution is -2.16. The van der Waals surface area contributed by atoms with Crippen molar-refractivity contribution in [2.24, 2.45) is 5.92 Å². The van der Waals surface area contributed by atoms with Crippen LogP contribution < -0.4 is 10.6 Å². The second-order valence-corrected chi connectivity index (χ2v) is 7.91. The number of sulfone groups is 1. The fourth-order valence-electron chi connectivity index (χ4n) is 1.72. The second kappa shape index (κ2) is 7.93. The van der Waals surface area contributed by atoms with Crippen LogP contribution in [-0.4, -0.2) is 32.2 Å². The number of amides is 2. The first-order valence-electron chi connectivity index (χ1n) is 7.03. The monoisotopic (exact) mass is 326 g/mol. The molecule has 0 aromatic heterocycles. The molecule has 0 fully saturated rings. The van der Waals surface area contributed by atoms with Gasteiger partial charge in [-0.25, -0.2) is 8.42 Å². The Hall–Kier alpha value is -1.89. The standard InChI is InChI=1S/C15H22N2O4S/c1-11(2)10-15(19)17-13-6-4-12(5-7-13)16-14(18)8-9-22(3,20)21/h4-7,11H,8-10H2,1-3H3,(H,16,18)(H,17,19). The Balaban J connectivity index is 2.51. The molecule has 0 atom stereocenters. The zero-order valence-corrected chi connectivity index (χ0v) is 13.9. The molecule has 0 radical (unpaired) electrons. The summed E-state index contributed by atoms with van der Waals surface area (Å²) >= 11 is 0. The van der Waals surface area contributed by atoms with Gasteiger partial charge in [0, 0.05) is 30.5 Å². The van der Waals surface area contributed by atoms with Crippen molar-refractivity contribution in [1.29, 1.82) is 0 Å². The van der Waals surface area contributed by atoms with Gasteiger partial charge in [0.2, 0.25) is 11.8 Å². The fraction of sp³-hybridized carbons (Fsp3) is 0.467. The van der Waals surface area contributed by atoms with E-state index in [9.17, 15) is 18.0 Å². The summed E-state index contributed by atoms with van der Waals surface area (Å²) in [7, 11) is -3.15. The van der Waals surface area contributed by atoms with E-state index in [0.717, 1.165) is 6.26 Å². The van der Waals surface area contributed by atoms with Gasteiger partial charge in [-0.15, -0.1) is 0 Å². The van der Waals surface area contributed by atoms with Gasteiger partial charge in [0.15, 0.2) is 0 Å². The molecule has 0 bridgehead atoms. The molecular formula is C15H22N2O4S. The molecule has 0 aliphatic heterocycles. The van der Waals surface area contributed by atoms with Gasteiger partial charge in [0.25, 0.3) is 0 Å². The fourth-order valence-corrected chi connectivity index (χ4v) is 2.28. The highest BCUT2D eigenvalue weighted by Crippen LogP contribution is 2.14. The number of benzene rings is 1. The van der Waals surface area contributed by atoms with Crippen molar-refractivity contribution in [3.05, 3.63) is 24.3 Å². The SMILES string of the molecule is CC(C)CC(=O)Nc1ccc(NC(=O)CCS(C)(=O)=O)cc1. The highest BCUT2D eigenvalue weighted by molar-refractivity contribution is 7.90. The summed E-state index contributed by atoms with van der Waals surface area (Å²) in [6.07, 6.45) is 1.46. The molecule has 0 saturated carbocycles. The average molecular weight is 326 g/mol. The molecule has 6 nitrogen and oxygen atoms in total. The van der Waals surface area contributed by atoms with Crippen LogP contribution >= 0.6 is 0 Å². The number of carbonyl (C=O) groups excluding carboxylic acids is 2. The van der Waals surface area contributed by atoms with Crippen LogP contribution in [0, 0.1) is 5.92 Å². The van der Waals surface area contributed by atoms with E-state index in [2.05, 4.69) is 10.6 Å². The molecule has 0 saturated heterocycles. The van der Waals surface area contributed by atoms with Crippen LogP contribution in [0.3, 0.4) is 0 Å². The van der Waals surface area contributed by atoms with Crippen molar-refractivity contribution in [2.75, 3.05) is 22.6 Å². The highest BCUT2D eigenvalue weighted by atomic mass is 32.2. The van der Waals surface area contributed by atoms with Crippen LogP contribution in [0.25, 0.3) is 0 Å². The molecule has 2 amide bonds. The van der Waals surface area contributed by atoms with Crippen molar-refractivity contribution >= 4 is 33.0 Å². The van der Waals surface area contributed by atoms with E-state index in [-0.39, 0.29) is 29.9 Å². The molecule has 7 heteroatoms. The summed E-state index contributed by atoms with van der Waals surface area (Å²) in [5, 5.41) is 5.38. The molecule has 0 heterocycles. The molecule has 0 aliphatic carbocycles. The number of anilines is 2. The van der Waals surface area contributed by atoms with Crippen molar-refractivity contribution in [1.82, 2.24) is 0 Å². The first kappa shape index (κ1) is 18.2. The largest absolute Gasteiger partial charge is 0.326 e. The topological polar surface area (TPSA) is 92.3 Å². The zero-order chi connectivity index (χ0) is 16.8. The van der Waals surface area contributed by atoms with Gasteiger partial charge in [-0.2, -0.15) is 0 Å². The quantitative estimate of drug-likeness (QED) is 0.802. The molecule has 1 rings (SSSR count). The summed E-state index contributed by atoms with van der Waals surface area (Å²) in [4.78, 5) is 23.2. The Morgan fingerprint density at radius 3 is 1.86 bits per heavy atom. The third-order valence-electron chi connectivity index (χ3n) is 2.75. The van der Waals surface area contributed by atoms with Crippen LogP contribution in [0.2, 0.25) is 0 Å². The van der Waals surface area contributed by atoms with Crippen molar-refractivity contribution in [3.63, 3.8) is 0 Å². The van der Waals surface area contributed by atoms with E-state index in [0.29, 0.717) is 17.8 Å². The minimum absolute atomic E-state index is 0.0556. The Labute approximate surface area is 131 Å². The van der Waals surface area contributed by atoms with Crippen LogP contribution in [0.1, 0.15) is 26.7 Å². The molecule has 0 spiro atoms. The van der Waals surface area contributed by atoms with Crippen LogP contribution in [0.15, 0.2) is 24.3 Å². The van der Waals surface area contributed by atoms with Gasteiger partial charge in [-0.05, 0) is 30.2 Å². The van der Waals surface area contributed by atoms with E-state index in [4.69, 9.17) is 0 Å². The predicted octanol–water partition coefficient (Wildman–Crippen LogP) is 2.04. The highest BCUT2D eigenvalue weighted by Gasteiger charge is 2.09. The molecule has 22 heavy (non-hydrogen) atoms. The molecule has 1 aromatic rings. The summed E-state index contributed by atoms with van der Waals surface area (Å²) in [6, 6.07) is 6.68. The average Bonchev–Trinajstić information content (AvgIpc) is 2.37. The molecule has 0 unspecified atom stereocenters. The minimum Gasteiger partial charge on any atom is -0.326 e. The first-order valence-corrected chi connectivity index (χ1v) is 9.09. The maximum absolute atomic E-state index is 11.6. The number of carbonyl (C=O) groups is 2. The van der Waals surface area contributed by atoms with Crippen LogP contribution in [0.5, 0.6) is 0 Å². The van der Waals surface area contributed by atoms with Gasteiger partial charge in [-0.1, -0.05) is 13.8 Å². The third-order valence-corrected chi connectivity index (χ3v) is 3.69. The number of hydrogen-bond donors (Lipinski definition) is 2. The zero-order valence-electron chi connectivity index (χ0n) is 13.0. The Morgan fingerprint density at radius 2 is 1.45 bits per heavy atom. The van der Waals surface area contributed by atoms with Gasteiger partial charge < -0.3 is 10.6 Å². The summed E-state index contributed by atoms with van der Waals surface area (Å²) < 4.78 is 22.0. The Bertz CT molecular complexity index is 621. The normalized spacial score (nSPS) is 11.3. The first-order chi connectivity index (χ1) is 10.2. The Morgan fingerprint density at radius 1 is 1.00 bits per heavy atom. The van der Waals surface area contributed by atoms with Gasteiger partial charge >= 0.3 is 0 Å². The van der Waals surface area contributed by atoms with E-state index in [1.54, 1.807) is 24.3 Å². The number of rotatable bonds is 7. The molecule has 0 aliphatic rings. The van der Waals surface area contributed by atoms with Crippen molar-refractivity contribution in [2.45, 2.75) is 26.7 Å². The predicted molar refractivity (Wildman–Crippen MR) is 87.5 cm³/mol. The molecular weight excluding hydrogens is 304 g/mol. The van der Waals surface area contributed by atoms with E-state index in [1.807, 2.05) is 13.8 Å². The van der Waals surface area contributed by atoms with Crippen LogP contribution in [-0.2, 0) is 19.4 Å². The number of hydrogen-bond acceptors (Lipinski definition) is 4. The van der Waals surface area contributed by atoms with Gasteiger partial charge in [0.05, 0.1) is 5.75 Å². The number of nitrogens with one attached hydrogen (secondary N) is 2. The Kier molecular flexibility index (Phi) is 6.55. The van der Waals surface area contributed by atoms with E-state index >= 15 is 0 Å². The van der Waals surface area contributed by atoms with Crippen LogP contribution in [0.4, 0.5) is 11.4 Å². The lowest BCUT2D eigenvalue weighted by Gasteiger charge is -2.09. The summed E-state index contributed by atoms with van der Waals surface area (Å²) in [5.74, 6) is -0.308. The molecule has 1 aromatic carbocycles. The lowest BCUT2D eigenvalue weighted by molar-refractivity contribution is -0.117. The van der Waals surface area contributed by atoms with Gasteiger partial charge in [0.1, 0.15) is 9.84 Å². The lowest BCUT2D eigenvalue weighted by atomic mass is 10.1. The third kappa shape index (κ3) is 7.78. The van der Waals surface area contributed by atoms with E-state index in [1.165, 1.54) is 0 Å².